The van der Waals surface area contributed by atoms with Crippen molar-refractivity contribution < 1.29 is 81.1 Å². The van der Waals surface area contributed by atoms with Crippen LogP contribution in [0, 0.1) is 0 Å². The summed E-state index contributed by atoms with van der Waals surface area (Å²) in [6.07, 6.45) is -18.0. The van der Waals surface area contributed by atoms with Gasteiger partial charge >= 0.3 is 12.4 Å². The standard InChI is InChI=1S/C7H10F6O3.C6H8F6O3/c8-4(9)1-14-7(15-2-5(10)11)16-3-6(12)13;1-13-4(14-2-5(7,8)9)15-3-6(10,11)12/h4-7H,1-3H2;4H,2-3H2,1H3. The van der Waals surface area contributed by atoms with E-state index in [-0.39, 0.29) is 0 Å². The third-order valence-electron chi connectivity index (χ3n) is 2.03. The van der Waals surface area contributed by atoms with Crippen molar-refractivity contribution >= 4 is 0 Å². The van der Waals surface area contributed by atoms with E-state index in [9.17, 15) is 52.7 Å². The van der Waals surface area contributed by atoms with E-state index in [4.69, 9.17) is 0 Å². The topological polar surface area (TPSA) is 55.4 Å². The second-order valence-electron chi connectivity index (χ2n) is 4.84. The Balaban J connectivity index is 0. The smallest absolute Gasteiger partial charge is 0.333 e. The molecule has 0 fully saturated rings. The molecule has 0 aromatic heterocycles. The summed E-state index contributed by atoms with van der Waals surface area (Å²) in [5, 5.41) is 0. The second kappa shape index (κ2) is 16.5. The average molecular weight is 498 g/mol. The van der Waals surface area contributed by atoms with Gasteiger partial charge in [0.05, 0.1) is 0 Å². The molecule has 0 unspecified atom stereocenters. The molecular formula is C13H18F12O6. The number of methoxy groups -OCH3 is 1. The van der Waals surface area contributed by atoms with E-state index in [1.54, 1.807) is 0 Å². The first kappa shape index (κ1) is 32.1. The Hall–Kier alpha value is -1.08. The van der Waals surface area contributed by atoms with Crippen molar-refractivity contribution in [2.45, 2.75) is 44.6 Å². The number of rotatable bonds is 14. The van der Waals surface area contributed by atoms with Crippen molar-refractivity contribution in [1.82, 2.24) is 0 Å². The number of alkyl halides is 12. The zero-order valence-electron chi connectivity index (χ0n) is 15.4. The fourth-order valence-electron chi connectivity index (χ4n) is 1.11. The highest BCUT2D eigenvalue weighted by atomic mass is 19.4. The zero-order chi connectivity index (χ0) is 24.7. The van der Waals surface area contributed by atoms with Crippen LogP contribution in [0.15, 0.2) is 0 Å². The molecule has 0 aliphatic rings. The van der Waals surface area contributed by atoms with Crippen molar-refractivity contribution in [2.24, 2.45) is 0 Å². The maximum atomic E-state index is 11.7. The van der Waals surface area contributed by atoms with E-state index >= 15 is 0 Å². The first-order chi connectivity index (χ1) is 14.1. The fourth-order valence-corrected chi connectivity index (χ4v) is 1.11. The van der Waals surface area contributed by atoms with E-state index in [1.807, 2.05) is 0 Å². The highest BCUT2D eigenvalue weighted by molar-refractivity contribution is 4.47. The first-order valence-corrected chi connectivity index (χ1v) is 7.64. The number of halogens is 12. The van der Waals surface area contributed by atoms with E-state index in [0.29, 0.717) is 0 Å². The monoisotopic (exact) mass is 498 g/mol. The average Bonchev–Trinajstić information content (AvgIpc) is 2.59. The molecule has 0 spiro atoms. The van der Waals surface area contributed by atoms with Crippen molar-refractivity contribution in [3.05, 3.63) is 0 Å². The Morgan fingerprint density at radius 2 is 0.806 bits per heavy atom. The number of hydrogen-bond donors (Lipinski definition) is 0. The third-order valence-corrected chi connectivity index (χ3v) is 2.03. The van der Waals surface area contributed by atoms with Crippen molar-refractivity contribution in [1.29, 1.82) is 0 Å². The molecule has 0 amide bonds. The highest BCUT2D eigenvalue weighted by Crippen LogP contribution is 2.18. The van der Waals surface area contributed by atoms with Crippen LogP contribution >= 0.6 is 0 Å². The molecule has 0 radical (unpaired) electrons. The molecule has 0 atom stereocenters. The van der Waals surface area contributed by atoms with Gasteiger partial charge in [0, 0.05) is 7.11 Å². The Morgan fingerprint density at radius 1 is 0.516 bits per heavy atom. The summed E-state index contributed by atoms with van der Waals surface area (Å²) in [6.45, 7) is -10.9. The summed E-state index contributed by atoms with van der Waals surface area (Å²) < 4.78 is 164. The van der Waals surface area contributed by atoms with Gasteiger partial charge in [-0.1, -0.05) is 0 Å². The van der Waals surface area contributed by atoms with Gasteiger partial charge in [-0.05, 0) is 0 Å². The van der Waals surface area contributed by atoms with Gasteiger partial charge in [-0.15, -0.1) is 0 Å². The Morgan fingerprint density at radius 3 is 1.00 bits per heavy atom. The van der Waals surface area contributed by atoms with E-state index < -0.39 is 77.6 Å². The molecular weight excluding hydrogens is 480 g/mol. The third kappa shape index (κ3) is 26.9. The van der Waals surface area contributed by atoms with Crippen molar-refractivity contribution in [3.63, 3.8) is 0 Å². The molecule has 0 saturated carbocycles. The second-order valence-corrected chi connectivity index (χ2v) is 4.84. The van der Waals surface area contributed by atoms with E-state index in [1.165, 1.54) is 0 Å². The van der Waals surface area contributed by atoms with Gasteiger partial charge in [-0.3, -0.25) is 0 Å². The van der Waals surface area contributed by atoms with Gasteiger partial charge < -0.3 is 28.4 Å². The predicted octanol–water partition coefficient (Wildman–Crippen LogP) is 4.19. The molecule has 18 heteroatoms. The summed E-state index contributed by atoms with van der Waals surface area (Å²) in [5.74, 6) is 0. The summed E-state index contributed by atoms with van der Waals surface area (Å²) in [5.41, 5.74) is 0. The molecule has 0 N–H and O–H groups in total. The predicted molar refractivity (Wildman–Crippen MR) is 74.5 cm³/mol. The minimum Gasteiger partial charge on any atom is -0.333 e. The normalized spacial score (nSPS) is 13.0. The Bertz CT molecular complexity index is 374. The van der Waals surface area contributed by atoms with Crippen LogP contribution in [0.3, 0.4) is 0 Å². The van der Waals surface area contributed by atoms with Gasteiger partial charge in [-0.25, -0.2) is 26.3 Å². The van der Waals surface area contributed by atoms with Crippen LogP contribution in [0.5, 0.6) is 0 Å². The van der Waals surface area contributed by atoms with Crippen LogP contribution in [0.25, 0.3) is 0 Å². The number of ether oxygens (including phenoxy) is 6. The largest absolute Gasteiger partial charge is 0.411 e. The van der Waals surface area contributed by atoms with Crippen LogP contribution < -0.4 is 0 Å². The lowest BCUT2D eigenvalue weighted by Crippen LogP contribution is -2.30. The van der Waals surface area contributed by atoms with Crippen LogP contribution in [-0.4, -0.2) is 84.7 Å². The molecule has 0 rings (SSSR count). The molecule has 190 valence electrons. The lowest BCUT2D eigenvalue weighted by Gasteiger charge is -2.18. The van der Waals surface area contributed by atoms with Crippen LogP contribution in [0.2, 0.25) is 0 Å². The molecule has 0 bridgehead atoms. The summed E-state index contributed by atoms with van der Waals surface area (Å²) in [6, 6.07) is 0. The van der Waals surface area contributed by atoms with E-state index in [2.05, 4.69) is 28.4 Å². The van der Waals surface area contributed by atoms with Gasteiger partial charge in [0.15, 0.2) is 0 Å². The quantitative estimate of drug-likeness (QED) is 0.265. The van der Waals surface area contributed by atoms with Gasteiger partial charge in [0.1, 0.15) is 33.0 Å². The van der Waals surface area contributed by atoms with Crippen LogP contribution in [0.1, 0.15) is 0 Å². The SMILES string of the molecule is COC(OCC(F)(F)F)OCC(F)(F)F.FC(F)COC(OCC(F)F)OCC(F)F. The molecule has 0 saturated heterocycles. The van der Waals surface area contributed by atoms with Gasteiger partial charge in [0.2, 0.25) is 0 Å². The number of hydrogen-bond acceptors (Lipinski definition) is 6. The molecule has 31 heavy (non-hydrogen) atoms. The van der Waals surface area contributed by atoms with Gasteiger partial charge in [0.25, 0.3) is 32.2 Å². The van der Waals surface area contributed by atoms with Crippen LogP contribution in [0.4, 0.5) is 52.7 Å². The molecule has 0 heterocycles. The Kier molecular flexibility index (Phi) is 17.1. The minimum absolute atomic E-state index is 0.859. The summed E-state index contributed by atoms with van der Waals surface area (Å²) >= 11 is 0. The maximum absolute atomic E-state index is 11.7. The lowest BCUT2D eigenvalue weighted by atomic mass is 10.7. The first-order valence-electron chi connectivity index (χ1n) is 7.64. The minimum atomic E-state index is -4.65. The van der Waals surface area contributed by atoms with Gasteiger partial charge in [-0.2, -0.15) is 26.3 Å². The molecule has 0 aromatic carbocycles. The highest BCUT2D eigenvalue weighted by Gasteiger charge is 2.32. The summed E-state index contributed by atoms with van der Waals surface area (Å²) in [7, 11) is 0.859. The maximum Gasteiger partial charge on any atom is 0.411 e. The molecule has 0 aliphatic heterocycles. The lowest BCUT2D eigenvalue weighted by molar-refractivity contribution is -0.330. The molecule has 6 nitrogen and oxygen atoms in total. The van der Waals surface area contributed by atoms with E-state index in [0.717, 1.165) is 7.11 Å². The summed E-state index contributed by atoms with van der Waals surface area (Å²) in [4.78, 5) is 0. The van der Waals surface area contributed by atoms with Crippen molar-refractivity contribution in [2.75, 3.05) is 40.1 Å². The molecule has 0 aliphatic carbocycles. The van der Waals surface area contributed by atoms with Crippen LogP contribution in [-0.2, 0) is 28.4 Å². The zero-order valence-corrected chi connectivity index (χ0v) is 15.4. The van der Waals surface area contributed by atoms with Crippen molar-refractivity contribution in [3.8, 4) is 0 Å². The fraction of sp³-hybridized carbons (Fsp3) is 1.00. The molecule has 0 aromatic rings. The Labute approximate surface area is 167 Å².